The smallest absolute Gasteiger partial charge is 0.341 e. The van der Waals surface area contributed by atoms with Crippen molar-refractivity contribution in [3.63, 3.8) is 0 Å². The number of halogens is 2. The summed E-state index contributed by atoms with van der Waals surface area (Å²) in [5.74, 6) is -1.53. The summed E-state index contributed by atoms with van der Waals surface area (Å²) in [6, 6.07) is 0. The molecule has 1 rings (SSSR count). The number of alkyl halides is 1. The second-order valence-electron chi connectivity index (χ2n) is 2.51. The summed E-state index contributed by atoms with van der Waals surface area (Å²) in [6.45, 7) is 0. The summed E-state index contributed by atoms with van der Waals surface area (Å²) in [5, 5.41) is 25.5. The van der Waals surface area contributed by atoms with Gasteiger partial charge in [0.2, 0.25) is 5.60 Å². The molecular weight excluding hydrogens is 207 g/mol. The zero-order chi connectivity index (χ0) is 9.52. The van der Waals surface area contributed by atoms with E-state index in [4.69, 9.17) is 33.4 Å². The standard InChI is InChI=1S/C6H6Cl2O4/c7-2-1-6(12,5(10)11)4(8)3(2)9/h1,3-4,9,12H,(H,10,11). The summed E-state index contributed by atoms with van der Waals surface area (Å²) in [5.41, 5.74) is -2.27. The summed E-state index contributed by atoms with van der Waals surface area (Å²) >= 11 is 10.8. The highest BCUT2D eigenvalue weighted by molar-refractivity contribution is 6.33. The minimum absolute atomic E-state index is 0.153. The molecule has 3 N–H and O–H groups in total. The molecule has 0 saturated heterocycles. The first kappa shape index (κ1) is 9.80. The van der Waals surface area contributed by atoms with Crippen LogP contribution in [0.4, 0.5) is 0 Å². The molecule has 12 heavy (non-hydrogen) atoms. The highest BCUT2D eigenvalue weighted by atomic mass is 35.5. The van der Waals surface area contributed by atoms with E-state index >= 15 is 0 Å². The van der Waals surface area contributed by atoms with Gasteiger partial charge in [0.05, 0.1) is 0 Å². The molecule has 6 heteroatoms. The Hall–Kier alpha value is -0.290. The van der Waals surface area contributed by atoms with Crippen molar-refractivity contribution in [1.29, 1.82) is 0 Å². The molecule has 0 heterocycles. The summed E-state index contributed by atoms with van der Waals surface area (Å²) in [4.78, 5) is 10.5. The molecule has 0 aromatic rings. The SMILES string of the molecule is O=C(O)C1(O)C=C(Cl)C(O)C1Cl. The number of carbonyl (C=O) groups is 1. The fourth-order valence-electron chi connectivity index (χ4n) is 0.935. The van der Waals surface area contributed by atoms with Gasteiger partial charge >= 0.3 is 5.97 Å². The van der Waals surface area contributed by atoms with Crippen LogP contribution in [-0.2, 0) is 4.79 Å². The van der Waals surface area contributed by atoms with Gasteiger partial charge in [0.1, 0.15) is 11.5 Å². The van der Waals surface area contributed by atoms with Crippen molar-refractivity contribution >= 4 is 29.2 Å². The van der Waals surface area contributed by atoms with E-state index in [1.807, 2.05) is 0 Å². The second kappa shape index (κ2) is 2.88. The van der Waals surface area contributed by atoms with Crippen LogP contribution in [0.15, 0.2) is 11.1 Å². The van der Waals surface area contributed by atoms with Gasteiger partial charge in [-0.05, 0) is 6.08 Å². The van der Waals surface area contributed by atoms with Crippen LogP contribution in [0.3, 0.4) is 0 Å². The van der Waals surface area contributed by atoms with Gasteiger partial charge < -0.3 is 15.3 Å². The molecule has 0 spiro atoms. The first-order valence-electron chi connectivity index (χ1n) is 3.05. The van der Waals surface area contributed by atoms with Crippen molar-refractivity contribution < 1.29 is 20.1 Å². The number of aliphatic carboxylic acids is 1. The van der Waals surface area contributed by atoms with Crippen LogP contribution in [0.5, 0.6) is 0 Å². The number of aliphatic hydroxyl groups is 2. The Morgan fingerprint density at radius 2 is 2.17 bits per heavy atom. The van der Waals surface area contributed by atoms with Crippen molar-refractivity contribution in [2.75, 3.05) is 0 Å². The Bertz CT molecular complexity index is 252. The molecular formula is C6H6Cl2O4. The number of carboxylic acids is 1. The molecule has 68 valence electrons. The number of aliphatic hydroxyl groups excluding tert-OH is 1. The molecule has 1 aliphatic carbocycles. The van der Waals surface area contributed by atoms with E-state index in [1.54, 1.807) is 0 Å². The molecule has 0 saturated carbocycles. The maximum absolute atomic E-state index is 10.5. The third kappa shape index (κ3) is 1.21. The molecule has 1 aliphatic rings. The summed E-state index contributed by atoms with van der Waals surface area (Å²) < 4.78 is 0. The highest BCUT2D eigenvalue weighted by Crippen LogP contribution is 2.35. The predicted octanol–water partition coefficient (Wildman–Crippen LogP) is -0.0933. The van der Waals surface area contributed by atoms with Crippen LogP contribution in [-0.4, -0.2) is 38.4 Å². The molecule has 3 unspecified atom stereocenters. The van der Waals surface area contributed by atoms with Gasteiger partial charge in [-0.25, -0.2) is 4.79 Å². The molecule has 0 radical (unpaired) electrons. The lowest BCUT2D eigenvalue weighted by Crippen LogP contribution is -2.46. The van der Waals surface area contributed by atoms with Gasteiger partial charge in [-0.1, -0.05) is 11.6 Å². The lowest BCUT2D eigenvalue weighted by Gasteiger charge is -2.20. The van der Waals surface area contributed by atoms with E-state index in [0.29, 0.717) is 0 Å². The third-order valence-electron chi connectivity index (χ3n) is 1.68. The Kier molecular flexibility index (Phi) is 2.35. The van der Waals surface area contributed by atoms with E-state index in [-0.39, 0.29) is 5.03 Å². The molecule has 0 amide bonds. The van der Waals surface area contributed by atoms with E-state index in [9.17, 15) is 9.90 Å². The number of hydrogen-bond acceptors (Lipinski definition) is 3. The van der Waals surface area contributed by atoms with Gasteiger partial charge in [0.25, 0.3) is 0 Å². The monoisotopic (exact) mass is 212 g/mol. The topological polar surface area (TPSA) is 77.8 Å². The number of hydrogen-bond donors (Lipinski definition) is 3. The first-order chi connectivity index (χ1) is 5.39. The predicted molar refractivity (Wildman–Crippen MR) is 42.2 cm³/mol. The van der Waals surface area contributed by atoms with Crippen LogP contribution < -0.4 is 0 Å². The zero-order valence-electron chi connectivity index (χ0n) is 5.74. The van der Waals surface area contributed by atoms with E-state index < -0.39 is 23.1 Å². The number of rotatable bonds is 1. The van der Waals surface area contributed by atoms with Crippen molar-refractivity contribution in [1.82, 2.24) is 0 Å². The minimum atomic E-state index is -2.27. The van der Waals surface area contributed by atoms with Gasteiger partial charge in [0.15, 0.2) is 0 Å². The maximum Gasteiger partial charge on any atom is 0.341 e. The van der Waals surface area contributed by atoms with Crippen molar-refractivity contribution in [2.24, 2.45) is 0 Å². The lowest BCUT2D eigenvalue weighted by atomic mass is 10.0. The van der Waals surface area contributed by atoms with Gasteiger partial charge in [0, 0.05) is 5.03 Å². The third-order valence-corrected chi connectivity index (χ3v) is 2.58. The van der Waals surface area contributed by atoms with Crippen LogP contribution in [0.1, 0.15) is 0 Å². The largest absolute Gasteiger partial charge is 0.479 e. The average Bonchev–Trinajstić information content (AvgIpc) is 2.17. The van der Waals surface area contributed by atoms with E-state index in [0.717, 1.165) is 6.08 Å². The fourth-order valence-corrected chi connectivity index (χ4v) is 1.58. The maximum atomic E-state index is 10.5. The van der Waals surface area contributed by atoms with Crippen molar-refractivity contribution in [3.8, 4) is 0 Å². The lowest BCUT2D eigenvalue weighted by molar-refractivity contribution is -0.153. The first-order valence-corrected chi connectivity index (χ1v) is 3.87. The Morgan fingerprint density at radius 3 is 2.33 bits per heavy atom. The Balaban J connectivity index is 3.03. The van der Waals surface area contributed by atoms with Crippen LogP contribution in [0.2, 0.25) is 0 Å². The van der Waals surface area contributed by atoms with Gasteiger partial charge in [-0.15, -0.1) is 11.6 Å². The Labute approximate surface area is 78.0 Å². The highest BCUT2D eigenvalue weighted by Gasteiger charge is 2.51. The van der Waals surface area contributed by atoms with Gasteiger partial charge in [-0.2, -0.15) is 0 Å². The summed E-state index contributed by atoms with van der Waals surface area (Å²) in [6.07, 6.45) is -0.492. The van der Waals surface area contributed by atoms with E-state index in [1.165, 1.54) is 0 Å². The zero-order valence-corrected chi connectivity index (χ0v) is 7.25. The van der Waals surface area contributed by atoms with Crippen LogP contribution in [0, 0.1) is 0 Å². The minimum Gasteiger partial charge on any atom is -0.479 e. The molecule has 0 aromatic heterocycles. The molecule has 4 nitrogen and oxygen atoms in total. The second-order valence-corrected chi connectivity index (χ2v) is 3.41. The van der Waals surface area contributed by atoms with Gasteiger partial charge in [-0.3, -0.25) is 0 Å². The van der Waals surface area contributed by atoms with Crippen molar-refractivity contribution in [2.45, 2.75) is 17.1 Å². The molecule has 0 bridgehead atoms. The fraction of sp³-hybridized carbons (Fsp3) is 0.500. The van der Waals surface area contributed by atoms with E-state index in [2.05, 4.69) is 0 Å². The average molecular weight is 213 g/mol. The van der Waals surface area contributed by atoms with Crippen LogP contribution in [0.25, 0.3) is 0 Å². The Morgan fingerprint density at radius 1 is 1.67 bits per heavy atom. The number of carboxylic acid groups (broad SMARTS) is 1. The van der Waals surface area contributed by atoms with Crippen molar-refractivity contribution in [3.05, 3.63) is 11.1 Å². The quantitative estimate of drug-likeness (QED) is 0.532. The van der Waals surface area contributed by atoms with Crippen LogP contribution >= 0.6 is 23.2 Å². The summed E-state index contributed by atoms with van der Waals surface area (Å²) in [7, 11) is 0. The normalized spacial score (nSPS) is 41.2. The molecule has 3 atom stereocenters. The molecule has 0 fully saturated rings. The molecule has 0 aliphatic heterocycles. The molecule has 0 aromatic carbocycles.